The van der Waals surface area contributed by atoms with Crippen LogP contribution in [0.25, 0.3) is 0 Å². The number of nitrogens with one attached hydrogen (secondary N) is 1. The Morgan fingerprint density at radius 3 is 2.17 bits per heavy atom. The van der Waals surface area contributed by atoms with E-state index in [9.17, 15) is 4.79 Å². The molecule has 3 nitrogen and oxygen atoms in total. The molecular weight excluding hydrogens is 308 g/mol. The number of hydrogen-bond acceptors (Lipinski definition) is 2. The van der Waals surface area contributed by atoms with Crippen molar-refractivity contribution in [3.05, 3.63) is 35.9 Å². The van der Waals surface area contributed by atoms with Crippen molar-refractivity contribution < 1.29 is 4.79 Å². The summed E-state index contributed by atoms with van der Waals surface area (Å²) in [6.45, 7) is 0.547. The second-order valence-electron chi connectivity index (χ2n) is 7.72. The average Bonchev–Trinajstić information content (AvgIpc) is 2.52. The quantitative estimate of drug-likeness (QED) is 0.887. The Morgan fingerprint density at radius 2 is 1.61 bits per heavy atom. The van der Waals surface area contributed by atoms with Gasteiger partial charge in [-0.05, 0) is 61.3 Å². The van der Waals surface area contributed by atoms with Crippen LogP contribution in [-0.4, -0.2) is 12.5 Å². The molecule has 4 aliphatic carbocycles. The standard InChI is InChI=1S/C19H26N2O.ClH/c20-17(14-4-2-1-3-5-14)11-21-19(22)18-15-7-12-6-13(9-15)10-16(18)8-12;/h1-5,12-13,15-18H,6-11,20H2,(H,21,22);1H. The van der Waals surface area contributed by atoms with Gasteiger partial charge >= 0.3 is 0 Å². The van der Waals surface area contributed by atoms with Crippen molar-refractivity contribution in [3.63, 3.8) is 0 Å². The van der Waals surface area contributed by atoms with Gasteiger partial charge in [-0.15, -0.1) is 12.4 Å². The molecule has 126 valence electrons. The third-order valence-corrected chi connectivity index (χ3v) is 6.25. The first kappa shape index (κ1) is 16.8. The number of amides is 1. The molecule has 23 heavy (non-hydrogen) atoms. The maximum atomic E-state index is 12.7. The lowest BCUT2D eigenvalue weighted by Gasteiger charge is -2.53. The van der Waals surface area contributed by atoms with Crippen LogP contribution in [0.4, 0.5) is 0 Å². The molecule has 4 bridgehead atoms. The summed E-state index contributed by atoms with van der Waals surface area (Å²) in [5.74, 6) is 3.64. The molecule has 4 aliphatic rings. The van der Waals surface area contributed by atoms with Crippen molar-refractivity contribution >= 4 is 18.3 Å². The van der Waals surface area contributed by atoms with Crippen molar-refractivity contribution in [1.29, 1.82) is 0 Å². The monoisotopic (exact) mass is 334 g/mol. The zero-order valence-corrected chi connectivity index (χ0v) is 14.3. The summed E-state index contributed by atoms with van der Waals surface area (Å²) in [7, 11) is 0. The fourth-order valence-electron chi connectivity index (χ4n) is 5.50. The second-order valence-corrected chi connectivity index (χ2v) is 7.72. The van der Waals surface area contributed by atoms with E-state index in [2.05, 4.69) is 5.32 Å². The molecule has 1 aromatic rings. The number of nitrogens with two attached hydrogens (primary N) is 1. The minimum atomic E-state index is -0.109. The summed E-state index contributed by atoms with van der Waals surface area (Å²) in [5.41, 5.74) is 7.29. The van der Waals surface area contributed by atoms with Crippen molar-refractivity contribution in [2.75, 3.05) is 6.54 Å². The number of carbonyl (C=O) groups is 1. The van der Waals surface area contributed by atoms with Crippen LogP contribution in [-0.2, 0) is 4.79 Å². The third kappa shape index (κ3) is 3.27. The van der Waals surface area contributed by atoms with E-state index in [1.807, 2.05) is 30.3 Å². The Balaban J connectivity index is 0.00000156. The average molecular weight is 335 g/mol. The van der Waals surface area contributed by atoms with E-state index in [1.54, 1.807) is 0 Å². The SMILES string of the molecule is Cl.NC(CNC(=O)C1C2CC3CC(C2)CC1C3)c1ccccc1. The van der Waals surface area contributed by atoms with Gasteiger partial charge in [0.25, 0.3) is 0 Å². The van der Waals surface area contributed by atoms with E-state index in [1.165, 1.54) is 32.1 Å². The third-order valence-electron chi connectivity index (χ3n) is 6.25. The summed E-state index contributed by atoms with van der Waals surface area (Å²) >= 11 is 0. The Labute approximate surface area is 144 Å². The van der Waals surface area contributed by atoms with Gasteiger partial charge in [-0.2, -0.15) is 0 Å². The van der Waals surface area contributed by atoms with Crippen LogP contribution < -0.4 is 11.1 Å². The van der Waals surface area contributed by atoms with E-state index >= 15 is 0 Å². The van der Waals surface area contributed by atoms with Gasteiger partial charge in [0.05, 0.1) is 0 Å². The highest BCUT2D eigenvalue weighted by atomic mass is 35.5. The van der Waals surface area contributed by atoms with E-state index in [0.717, 1.165) is 17.4 Å². The molecule has 4 fully saturated rings. The topological polar surface area (TPSA) is 55.1 Å². The molecule has 1 aromatic carbocycles. The molecule has 5 rings (SSSR count). The molecule has 0 heterocycles. The molecule has 1 atom stereocenters. The highest BCUT2D eigenvalue weighted by Crippen LogP contribution is 2.56. The first-order valence-electron chi connectivity index (χ1n) is 8.79. The Morgan fingerprint density at radius 1 is 1.04 bits per heavy atom. The number of rotatable bonds is 4. The van der Waals surface area contributed by atoms with Crippen molar-refractivity contribution in [2.45, 2.75) is 38.1 Å². The minimum absolute atomic E-state index is 0. The second kappa shape index (κ2) is 6.82. The van der Waals surface area contributed by atoms with E-state index in [0.29, 0.717) is 18.4 Å². The molecular formula is C19H27ClN2O. The van der Waals surface area contributed by atoms with Gasteiger partial charge in [0.15, 0.2) is 0 Å². The Kier molecular flexibility index (Phi) is 4.98. The van der Waals surface area contributed by atoms with Crippen LogP contribution in [0.2, 0.25) is 0 Å². The predicted octanol–water partition coefficient (Wildman–Crippen LogP) is 3.30. The molecule has 0 aromatic heterocycles. The van der Waals surface area contributed by atoms with Crippen LogP contribution in [0.1, 0.15) is 43.7 Å². The van der Waals surface area contributed by atoms with Gasteiger partial charge in [-0.25, -0.2) is 0 Å². The smallest absolute Gasteiger partial charge is 0.223 e. The molecule has 0 radical (unpaired) electrons. The lowest BCUT2D eigenvalue weighted by Crippen LogP contribution is -2.51. The Hall–Kier alpha value is -1.06. The largest absolute Gasteiger partial charge is 0.354 e. The van der Waals surface area contributed by atoms with E-state index < -0.39 is 0 Å². The molecule has 1 unspecified atom stereocenters. The van der Waals surface area contributed by atoms with Crippen LogP contribution in [0.15, 0.2) is 30.3 Å². The van der Waals surface area contributed by atoms with Gasteiger partial charge in [0.1, 0.15) is 0 Å². The Bertz CT molecular complexity index is 520. The lowest BCUT2D eigenvalue weighted by atomic mass is 9.51. The number of carbonyl (C=O) groups excluding carboxylic acids is 1. The molecule has 4 heteroatoms. The summed E-state index contributed by atoms with van der Waals surface area (Å²) in [6.07, 6.45) is 6.58. The lowest BCUT2D eigenvalue weighted by molar-refractivity contribution is -0.138. The summed E-state index contributed by atoms with van der Waals surface area (Å²) in [6, 6.07) is 9.92. The maximum absolute atomic E-state index is 12.7. The van der Waals surface area contributed by atoms with Crippen LogP contribution in [0.5, 0.6) is 0 Å². The van der Waals surface area contributed by atoms with Gasteiger partial charge in [-0.1, -0.05) is 30.3 Å². The summed E-state index contributed by atoms with van der Waals surface area (Å²) in [4.78, 5) is 12.7. The summed E-state index contributed by atoms with van der Waals surface area (Å²) < 4.78 is 0. The van der Waals surface area contributed by atoms with Crippen LogP contribution in [0.3, 0.4) is 0 Å². The fourth-order valence-corrected chi connectivity index (χ4v) is 5.50. The summed E-state index contributed by atoms with van der Waals surface area (Å²) in [5, 5.41) is 3.14. The first-order chi connectivity index (χ1) is 10.7. The minimum Gasteiger partial charge on any atom is -0.354 e. The maximum Gasteiger partial charge on any atom is 0.223 e. The normalized spacial score (nSPS) is 35.4. The highest BCUT2D eigenvalue weighted by molar-refractivity contribution is 5.85. The molecule has 3 N–H and O–H groups in total. The van der Waals surface area contributed by atoms with Crippen LogP contribution in [0, 0.1) is 29.6 Å². The van der Waals surface area contributed by atoms with Crippen molar-refractivity contribution in [1.82, 2.24) is 5.32 Å². The zero-order chi connectivity index (χ0) is 15.1. The molecule has 0 aliphatic heterocycles. The molecule has 4 saturated carbocycles. The predicted molar refractivity (Wildman–Crippen MR) is 94.2 cm³/mol. The van der Waals surface area contributed by atoms with Crippen molar-refractivity contribution in [2.24, 2.45) is 35.3 Å². The van der Waals surface area contributed by atoms with E-state index in [4.69, 9.17) is 5.73 Å². The molecule has 1 amide bonds. The van der Waals surface area contributed by atoms with Crippen LogP contribution >= 0.6 is 12.4 Å². The fraction of sp³-hybridized carbons (Fsp3) is 0.632. The van der Waals surface area contributed by atoms with Gasteiger partial charge in [-0.3, -0.25) is 4.79 Å². The number of hydrogen-bond donors (Lipinski definition) is 2. The van der Waals surface area contributed by atoms with Gasteiger partial charge in [0.2, 0.25) is 5.91 Å². The molecule has 0 saturated heterocycles. The van der Waals surface area contributed by atoms with Gasteiger partial charge < -0.3 is 11.1 Å². The highest BCUT2D eigenvalue weighted by Gasteiger charge is 2.50. The van der Waals surface area contributed by atoms with E-state index in [-0.39, 0.29) is 30.3 Å². The molecule has 0 spiro atoms. The first-order valence-corrected chi connectivity index (χ1v) is 8.79. The number of benzene rings is 1. The van der Waals surface area contributed by atoms with Gasteiger partial charge in [0, 0.05) is 18.5 Å². The van der Waals surface area contributed by atoms with Crippen molar-refractivity contribution in [3.8, 4) is 0 Å². The zero-order valence-electron chi connectivity index (χ0n) is 13.5. The number of halogens is 1.